The lowest BCUT2D eigenvalue weighted by Gasteiger charge is -2.21. The van der Waals surface area contributed by atoms with Gasteiger partial charge >= 0.3 is 0 Å². The summed E-state index contributed by atoms with van der Waals surface area (Å²) in [5.41, 5.74) is 9.31. The number of nitrogens with zero attached hydrogens (tertiary/aromatic N) is 2. The Morgan fingerprint density at radius 3 is 3.00 bits per heavy atom. The van der Waals surface area contributed by atoms with Gasteiger partial charge in [0.1, 0.15) is 5.84 Å². The van der Waals surface area contributed by atoms with Crippen LogP contribution in [0.3, 0.4) is 0 Å². The van der Waals surface area contributed by atoms with Crippen molar-refractivity contribution in [2.24, 2.45) is 16.7 Å². The summed E-state index contributed by atoms with van der Waals surface area (Å²) in [4.78, 5) is 0. The molecule has 0 radical (unpaired) electrons. The monoisotopic (exact) mass is 155 g/mol. The first kappa shape index (κ1) is 7.87. The molecule has 0 saturated heterocycles. The Morgan fingerprint density at radius 2 is 2.45 bits per heavy atom. The van der Waals surface area contributed by atoms with Gasteiger partial charge in [0.05, 0.1) is 0 Å². The minimum atomic E-state index is 0.440. The van der Waals surface area contributed by atoms with Crippen LogP contribution in [0, 0.1) is 0 Å². The van der Waals surface area contributed by atoms with E-state index in [1.165, 1.54) is 0 Å². The van der Waals surface area contributed by atoms with Gasteiger partial charge in [0.15, 0.2) is 0 Å². The molecule has 11 heavy (non-hydrogen) atoms. The molecule has 0 atom stereocenters. The minimum Gasteiger partial charge on any atom is -0.382 e. The van der Waals surface area contributed by atoms with E-state index in [2.05, 4.69) is 17.5 Å². The van der Waals surface area contributed by atoms with Crippen molar-refractivity contribution in [1.82, 2.24) is 10.7 Å². The van der Waals surface area contributed by atoms with Crippen LogP contribution in [0.15, 0.2) is 16.9 Å². The molecule has 0 aliphatic carbocycles. The maximum atomic E-state index is 5.46. The van der Waals surface area contributed by atoms with Crippen LogP contribution < -0.4 is 17.0 Å². The highest BCUT2D eigenvalue weighted by molar-refractivity contribution is 5.92. The summed E-state index contributed by atoms with van der Waals surface area (Å²) in [6.07, 6.45) is 3.77. The second-order valence-corrected chi connectivity index (χ2v) is 2.40. The number of amidine groups is 1. The molecule has 1 rings (SSSR count). The molecule has 5 N–H and O–H groups in total. The zero-order valence-corrected chi connectivity index (χ0v) is 6.54. The molecule has 0 aromatic heterocycles. The van der Waals surface area contributed by atoms with Crippen molar-refractivity contribution in [2.45, 2.75) is 19.8 Å². The molecular weight excluding hydrogens is 142 g/mol. The Balaban J connectivity index is 2.60. The Bertz CT molecular complexity index is 195. The molecule has 0 aromatic rings. The van der Waals surface area contributed by atoms with E-state index in [1.54, 1.807) is 6.08 Å². The van der Waals surface area contributed by atoms with Gasteiger partial charge in [-0.1, -0.05) is 13.3 Å². The van der Waals surface area contributed by atoms with Gasteiger partial charge in [-0.15, -0.1) is 10.3 Å². The highest BCUT2D eigenvalue weighted by Gasteiger charge is 2.05. The Labute approximate surface area is 65.7 Å². The fourth-order valence-corrected chi connectivity index (χ4v) is 0.934. The van der Waals surface area contributed by atoms with Crippen molar-refractivity contribution >= 4 is 5.84 Å². The number of allylic oxidation sites excluding steroid dienone is 1. The molecule has 1 aliphatic rings. The molecule has 0 amide bonds. The molecule has 0 spiro atoms. The van der Waals surface area contributed by atoms with E-state index >= 15 is 0 Å². The normalized spacial score (nSPS) is 17.1. The first-order valence-electron chi connectivity index (χ1n) is 3.58. The van der Waals surface area contributed by atoms with E-state index in [4.69, 9.17) is 11.6 Å². The molecule has 1 aliphatic heterocycles. The number of hydrogen-bond donors (Lipinski definition) is 3. The average molecular weight is 155 g/mol. The summed E-state index contributed by atoms with van der Waals surface area (Å²) in [7, 11) is 0. The largest absolute Gasteiger partial charge is 0.382 e. The number of nitrogens with two attached hydrogens (primary N) is 2. The second kappa shape index (κ2) is 3.25. The van der Waals surface area contributed by atoms with Crippen LogP contribution in [0.5, 0.6) is 0 Å². The first-order chi connectivity index (χ1) is 5.22. The van der Waals surface area contributed by atoms with Crippen LogP contribution in [0.4, 0.5) is 0 Å². The third-order valence-corrected chi connectivity index (χ3v) is 1.32. The Kier molecular flexibility index (Phi) is 2.32. The Hall–Kier alpha value is -1.23. The lowest BCUT2D eigenvalue weighted by Crippen LogP contribution is -2.43. The standard InChI is InChI=1S/C6H13N5/c1-2-3-5-4-6(7)10-11(8)9-5/h4,9H,2-3,8H2,1H3,(H2,7,10). The van der Waals surface area contributed by atoms with Gasteiger partial charge in [-0.3, -0.25) is 5.43 Å². The second-order valence-electron chi connectivity index (χ2n) is 2.40. The van der Waals surface area contributed by atoms with E-state index < -0.39 is 0 Å². The van der Waals surface area contributed by atoms with Gasteiger partial charge in [0, 0.05) is 11.8 Å². The van der Waals surface area contributed by atoms with E-state index in [0.29, 0.717) is 5.84 Å². The summed E-state index contributed by atoms with van der Waals surface area (Å²) >= 11 is 0. The average Bonchev–Trinajstić information content (AvgIpc) is 1.85. The highest BCUT2D eigenvalue weighted by atomic mass is 15.8. The van der Waals surface area contributed by atoms with Crippen LogP contribution in [-0.2, 0) is 0 Å². The van der Waals surface area contributed by atoms with Crippen LogP contribution >= 0.6 is 0 Å². The molecule has 0 unspecified atom stereocenters. The molecule has 5 heteroatoms. The summed E-state index contributed by atoms with van der Waals surface area (Å²) in [5, 5.41) is 4.86. The van der Waals surface area contributed by atoms with E-state index in [1.807, 2.05) is 0 Å². The van der Waals surface area contributed by atoms with E-state index in [-0.39, 0.29) is 0 Å². The molecular formula is C6H13N5. The molecule has 62 valence electrons. The van der Waals surface area contributed by atoms with Crippen molar-refractivity contribution in [3.8, 4) is 0 Å². The Morgan fingerprint density at radius 1 is 1.73 bits per heavy atom. The van der Waals surface area contributed by atoms with Crippen molar-refractivity contribution < 1.29 is 0 Å². The van der Waals surface area contributed by atoms with Crippen LogP contribution in [0.25, 0.3) is 0 Å². The first-order valence-corrected chi connectivity index (χ1v) is 3.58. The molecule has 0 saturated carbocycles. The van der Waals surface area contributed by atoms with Crippen LogP contribution in [0.2, 0.25) is 0 Å². The lowest BCUT2D eigenvalue weighted by molar-refractivity contribution is 0.221. The van der Waals surface area contributed by atoms with Crippen LogP contribution in [-0.4, -0.2) is 11.1 Å². The molecule has 5 nitrogen and oxygen atoms in total. The SMILES string of the molecule is CCCC1=CC(N)=NN(N)N1. The minimum absolute atomic E-state index is 0.440. The summed E-state index contributed by atoms with van der Waals surface area (Å²) in [6.45, 7) is 2.09. The number of nitrogens with one attached hydrogen (secondary N) is 1. The van der Waals surface area contributed by atoms with Crippen molar-refractivity contribution in [1.29, 1.82) is 0 Å². The highest BCUT2D eigenvalue weighted by Crippen LogP contribution is 2.03. The third kappa shape index (κ3) is 2.12. The zero-order valence-electron chi connectivity index (χ0n) is 6.54. The zero-order chi connectivity index (χ0) is 8.27. The fourth-order valence-electron chi connectivity index (χ4n) is 0.934. The van der Waals surface area contributed by atoms with Gasteiger partial charge in [-0.25, -0.2) is 5.84 Å². The third-order valence-electron chi connectivity index (χ3n) is 1.32. The number of hydrogen-bond acceptors (Lipinski definition) is 5. The maximum absolute atomic E-state index is 5.46. The molecule has 0 fully saturated rings. The number of hydrazine groups is 2. The quantitative estimate of drug-likeness (QED) is 0.476. The topological polar surface area (TPSA) is 79.7 Å². The lowest BCUT2D eigenvalue weighted by atomic mass is 10.2. The predicted molar refractivity (Wildman–Crippen MR) is 43.8 cm³/mol. The van der Waals surface area contributed by atoms with Gasteiger partial charge in [-0.05, 0) is 6.42 Å². The van der Waals surface area contributed by atoms with Gasteiger partial charge in [-0.2, -0.15) is 0 Å². The van der Waals surface area contributed by atoms with Crippen molar-refractivity contribution in [3.63, 3.8) is 0 Å². The molecule has 0 aromatic carbocycles. The molecule has 1 heterocycles. The fraction of sp³-hybridized carbons (Fsp3) is 0.500. The van der Waals surface area contributed by atoms with Crippen molar-refractivity contribution in [2.75, 3.05) is 0 Å². The molecule has 0 bridgehead atoms. The van der Waals surface area contributed by atoms with E-state index in [0.717, 1.165) is 23.8 Å². The summed E-state index contributed by atoms with van der Waals surface area (Å²) in [5.74, 6) is 5.80. The van der Waals surface area contributed by atoms with Crippen LogP contribution in [0.1, 0.15) is 19.8 Å². The number of hydrazone groups is 1. The number of rotatable bonds is 2. The van der Waals surface area contributed by atoms with Gasteiger partial charge in [0.25, 0.3) is 0 Å². The summed E-state index contributed by atoms with van der Waals surface area (Å²) < 4.78 is 0. The van der Waals surface area contributed by atoms with Gasteiger partial charge < -0.3 is 5.73 Å². The maximum Gasteiger partial charge on any atom is 0.148 e. The van der Waals surface area contributed by atoms with Crippen molar-refractivity contribution in [3.05, 3.63) is 11.8 Å². The summed E-state index contributed by atoms with van der Waals surface area (Å²) in [6, 6.07) is 0. The smallest absolute Gasteiger partial charge is 0.148 e. The van der Waals surface area contributed by atoms with Gasteiger partial charge in [0.2, 0.25) is 0 Å². The predicted octanol–water partition coefficient (Wildman–Crippen LogP) is -0.363. The van der Waals surface area contributed by atoms with E-state index in [9.17, 15) is 0 Å².